The minimum Gasteiger partial charge on any atom is -0.497 e. The van der Waals surface area contributed by atoms with E-state index in [0.29, 0.717) is 23.7 Å². The molecule has 0 spiro atoms. The quantitative estimate of drug-likeness (QED) is 0.411. The van der Waals surface area contributed by atoms with Crippen molar-refractivity contribution >= 4 is 11.8 Å². The number of carbonyl (C=O) groups is 2. The first kappa shape index (κ1) is 26.6. The zero-order chi connectivity index (χ0) is 25.9. The van der Waals surface area contributed by atoms with E-state index in [0.717, 1.165) is 11.1 Å². The number of hydrogen-bond acceptors (Lipinski definition) is 5. The smallest absolute Gasteiger partial charge is 0.261 e. The molecule has 0 heterocycles. The molecule has 1 atom stereocenters. The Balaban J connectivity index is 1.93. The first-order valence-corrected chi connectivity index (χ1v) is 11.9. The van der Waals surface area contributed by atoms with E-state index in [2.05, 4.69) is 5.32 Å². The third-order valence-electron chi connectivity index (χ3n) is 5.61. The average molecular weight is 491 g/mol. The first-order valence-electron chi connectivity index (χ1n) is 11.9. The first-order chi connectivity index (χ1) is 17.4. The molecule has 36 heavy (non-hydrogen) atoms. The molecule has 1 N–H and O–H groups in total. The average Bonchev–Trinajstić information content (AvgIpc) is 2.89. The summed E-state index contributed by atoms with van der Waals surface area (Å²) in [5.74, 6) is 1.13. The maximum absolute atomic E-state index is 13.6. The summed E-state index contributed by atoms with van der Waals surface area (Å²) in [6.45, 7) is 3.77. The largest absolute Gasteiger partial charge is 0.497 e. The minimum atomic E-state index is -0.741. The second-order valence-electron chi connectivity index (χ2n) is 8.68. The summed E-state index contributed by atoms with van der Waals surface area (Å²) in [7, 11) is 3.14. The summed E-state index contributed by atoms with van der Waals surface area (Å²) in [4.78, 5) is 28.6. The van der Waals surface area contributed by atoms with Crippen molar-refractivity contribution in [3.05, 3.63) is 90.0 Å². The molecule has 0 fully saturated rings. The molecule has 2 amide bonds. The maximum Gasteiger partial charge on any atom is 0.261 e. The SMILES string of the molecule is COc1cccc(CN(C(=O)COc2ccccc2OC)C(Cc2ccccc2)C(=O)NC(C)C)c1. The normalized spacial score (nSPS) is 11.5. The Morgan fingerprint density at radius 2 is 1.50 bits per heavy atom. The van der Waals surface area contributed by atoms with E-state index in [1.54, 1.807) is 31.3 Å². The lowest BCUT2D eigenvalue weighted by Crippen LogP contribution is -2.52. The summed E-state index contributed by atoms with van der Waals surface area (Å²) < 4.78 is 16.5. The van der Waals surface area contributed by atoms with Crippen molar-refractivity contribution < 1.29 is 23.8 Å². The summed E-state index contributed by atoms with van der Waals surface area (Å²) >= 11 is 0. The Kier molecular flexibility index (Phi) is 9.74. The van der Waals surface area contributed by atoms with Gasteiger partial charge in [0.15, 0.2) is 18.1 Å². The van der Waals surface area contributed by atoms with Crippen molar-refractivity contribution in [2.24, 2.45) is 0 Å². The van der Waals surface area contributed by atoms with Crippen molar-refractivity contribution in [3.63, 3.8) is 0 Å². The fourth-order valence-corrected chi connectivity index (χ4v) is 3.86. The fraction of sp³-hybridized carbons (Fsp3) is 0.310. The Morgan fingerprint density at radius 3 is 2.17 bits per heavy atom. The van der Waals surface area contributed by atoms with Gasteiger partial charge in [-0.1, -0.05) is 54.6 Å². The molecule has 190 valence electrons. The van der Waals surface area contributed by atoms with Gasteiger partial charge < -0.3 is 24.4 Å². The fourth-order valence-electron chi connectivity index (χ4n) is 3.86. The number of amides is 2. The van der Waals surface area contributed by atoms with Crippen LogP contribution in [0, 0.1) is 0 Å². The molecule has 3 rings (SSSR count). The van der Waals surface area contributed by atoms with Gasteiger partial charge in [-0.25, -0.2) is 0 Å². The van der Waals surface area contributed by atoms with Crippen molar-refractivity contribution in [1.82, 2.24) is 10.2 Å². The van der Waals surface area contributed by atoms with Crippen LogP contribution in [-0.4, -0.2) is 49.6 Å². The van der Waals surface area contributed by atoms with Gasteiger partial charge in [0.1, 0.15) is 11.8 Å². The summed E-state index contributed by atoms with van der Waals surface area (Å²) in [6, 6.07) is 23.5. The van der Waals surface area contributed by atoms with Crippen LogP contribution in [0.4, 0.5) is 0 Å². The highest BCUT2D eigenvalue weighted by Gasteiger charge is 2.31. The van der Waals surface area contributed by atoms with E-state index in [1.807, 2.05) is 80.6 Å². The zero-order valence-corrected chi connectivity index (χ0v) is 21.3. The molecule has 0 aliphatic carbocycles. The lowest BCUT2D eigenvalue weighted by molar-refractivity contribution is -0.143. The Morgan fingerprint density at radius 1 is 0.833 bits per heavy atom. The van der Waals surface area contributed by atoms with E-state index >= 15 is 0 Å². The molecule has 0 aliphatic rings. The molecule has 7 heteroatoms. The molecule has 3 aromatic carbocycles. The molecule has 3 aromatic rings. The summed E-state index contributed by atoms with van der Waals surface area (Å²) in [6.07, 6.45) is 0.365. The molecular weight excluding hydrogens is 456 g/mol. The van der Waals surface area contributed by atoms with E-state index in [1.165, 1.54) is 0 Å². The van der Waals surface area contributed by atoms with Gasteiger partial charge >= 0.3 is 0 Å². The van der Waals surface area contributed by atoms with Crippen LogP contribution in [0.1, 0.15) is 25.0 Å². The van der Waals surface area contributed by atoms with Gasteiger partial charge in [-0.05, 0) is 49.2 Å². The van der Waals surface area contributed by atoms with Crippen molar-refractivity contribution in [2.75, 3.05) is 20.8 Å². The Labute approximate surface area is 213 Å². The molecule has 0 saturated carbocycles. The van der Waals surface area contributed by atoms with Crippen LogP contribution in [-0.2, 0) is 22.6 Å². The van der Waals surface area contributed by atoms with Crippen LogP contribution in [0.2, 0.25) is 0 Å². The molecule has 0 aromatic heterocycles. The molecule has 0 aliphatic heterocycles. The Bertz CT molecular complexity index is 1130. The van der Waals surface area contributed by atoms with Crippen molar-refractivity contribution in [1.29, 1.82) is 0 Å². The van der Waals surface area contributed by atoms with Crippen LogP contribution in [0.5, 0.6) is 17.2 Å². The molecule has 1 unspecified atom stereocenters. The van der Waals surface area contributed by atoms with Gasteiger partial charge in [0.25, 0.3) is 5.91 Å². The number of nitrogens with one attached hydrogen (secondary N) is 1. The van der Waals surface area contributed by atoms with Gasteiger partial charge in [0, 0.05) is 19.0 Å². The number of carbonyl (C=O) groups excluding carboxylic acids is 2. The van der Waals surface area contributed by atoms with Gasteiger partial charge in [-0.15, -0.1) is 0 Å². The monoisotopic (exact) mass is 490 g/mol. The molecule has 7 nitrogen and oxygen atoms in total. The predicted octanol–water partition coefficient (Wildman–Crippen LogP) is 4.25. The third kappa shape index (κ3) is 7.50. The van der Waals surface area contributed by atoms with Gasteiger partial charge in [0.05, 0.1) is 14.2 Å². The second-order valence-corrected chi connectivity index (χ2v) is 8.68. The number of nitrogens with zero attached hydrogens (tertiary/aromatic N) is 1. The lowest BCUT2D eigenvalue weighted by Gasteiger charge is -2.32. The van der Waals surface area contributed by atoms with E-state index < -0.39 is 6.04 Å². The highest BCUT2D eigenvalue weighted by molar-refractivity contribution is 5.88. The highest BCUT2D eigenvalue weighted by atomic mass is 16.5. The molecular formula is C29H34N2O5. The second kappa shape index (κ2) is 13.2. The van der Waals surface area contributed by atoms with Gasteiger partial charge in [-0.2, -0.15) is 0 Å². The van der Waals surface area contributed by atoms with E-state index in [9.17, 15) is 9.59 Å². The number of methoxy groups -OCH3 is 2. The standard InChI is InChI=1S/C29H34N2O5/c1-21(2)30-29(33)25(18-22-11-6-5-7-12-22)31(19-23-13-10-14-24(17-23)34-3)28(32)20-36-27-16-9-8-15-26(27)35-4/h5-17,21,25H,18-20H2,1-4H3,(H,30,33). The van der Waals surface area contributed by atoms with Crippen molar-refractivity contribution in [3.8, 4) is 17.2 Å². The van der Waals surface area contributed by atoms with Crippen molar-refractivity contribution in [2.45, 2.75) is 38.9 Å². The van der Waals surface area contributed by atoms with Crippen LogP contribution < -0.4 is 19.5 Å². The van der Waals surface area contributed by atoms with Crippen LogP contribution in [0.25, 0.3) is 0 Å². The van der Waals surface area contributed by atoms with Gasteiger partial charge in [0.2, 0.25) is 5.91 Å². The molecule has 0 bridgehead atoms. The molecule has 0 saturated heterocycles. The third-order valence-corrected chi connectivity index (χ3v) is 5.61. The predicted molar refractivity (Wildman–Crippen MR) is 139 cm³/mol. The number of para-hydroxylation sites is 2. The lowest BCUT2D eigenvalue weighted by atomic mass is 10.0. The summed E-state index contributed by atoms with van der Waals surface area (Å²) in [5, 5.41) is 2.98. The highest BCUT2D eigenvalue weighted by Crippen LogP contribution is 2.26. The molecule has 0 radical (unpaired) electrons. The van der Waals surface area contributed by atoms with Crippen LogP contribution in [0.3, 0.4) is 0 Å². The number of ether oxygens (including phenoxy) is 3. The van der Waals surface area contributed by atoms with Gasteiger partial charge in [-0.3, -0.25) is 9.59 Å². The topological polar surface area (TPSA) is 77.1 Å². The van der Waals surface area contributed by atoms with E-state index in [-0.39, 0.29) is 31.0 Å². The van der Waals surface area contributed by atoms with Crippen LogP contribution >= 0.6 is 0 Å². The van der Waals surface area contributed by atoms with Crippen LogP contribution in [0.15, 0.2) is 78.9 Å². The zero-order valence-electron chi connectivity index (χ0n) is 21.3. The van der Waals surface area contributed by atoms with E-state index in [4.69, 9.17) is 14.2 Å². The Hall–Kier alpha value is -4.00. The number of rotatable bonds is 12. The maximum atomic E-state index is 13.6. The minimum absolute atomic E-state index is 0.0747. The summed E-state index contributed by atoms with van der Waals surface area (Å²) in [5.41, 5.74) is 1.80. The number of benzene rings is 3. The number of hydrogen-bond donors (Lipinski definition) is 1.